The van der Waals surface area contributed by atoms with E-state index in [0.29, 0.717) is 23.7 Å². The average Bonchev–Trinajstić information content (AvgIpc) is 3.93. The molecule has 2 radical (unpaired) electrons. The van der Waals surface area contributed by atoms with Gasteiger partial charge >= 0.3 is 14.5 Å². The number of allylic oxidation sites excluding steroid dienone is 8. The van der Waals surface area contributed by atoms with E-state index in [4.69, 9.17) is 67.4 Å². The third kappa shape index (κ3) is 37.9. The molecule has 2 aromatic heterocycles. The van der Waals surface area contributed by atoms with Crippen LogP contribution in [0.25, 0.3) is 33.9 Å². The van der Waals surface area contributed by atoms with E-state index in [1.807, 2.05) is 32.8 Å². The molecule has 8 nitrogen and oxygen atoms in total. The number of nitriles is 2. The Kier molecular flexibility index (Phi) is 49.5. The number of alkyl halides is 4. The van der Waals surface area contributed by atoms with Crippen molar-refractivity contribution < 1.29 is 82.8 Å². The van der Waals surface area contributed by atoms with E-state index in [1.165, 1.54) is 87.5 Å². The monoisotopic (exact) mass is 1410 g/mol. The number of aryl methyl sites for hydroxylation is 2. The first kappa shape index (κ1) is 84.3. The molecule has 3 aromatic carbocycles. The van der Waals surface area contributed by atoms with Crippen molar-refractivity contribution in [1.82, 2.24) is 19.8 Å². The van der Waals surface area contributed by atoms with Crippen LogP contribution in [-0.2, 0) is 53.1 Å². The minimum atomic E-state index is -6.00. The van der Waals surface area contributed by atoms with Crippen molar-refractivity contribution in [2.24, 2.45) is 14.1 Å². The fourth-order valence-electron chi connectivity index (χ4n) is 7.49. The van der Waals surface area contributed by atoms with Crippen LogP contribution in [0.2, 0.25) is 0 Å². The number of hydrogen-bond acceptors (Lipinski definition) is 4. The number of aromatic nitrogens is 6. The standard InChI is InChI=1S/C36H44N6.2C8H12.2C2H3N.2CH2Cl2.2BF4.2Rh/c1-23(2)29-16-12-17-30(24(3)4)35(29)41-21-33(39(9)37-41)27-14-11-15-28(20-27)34-22-42(38-40(34)10)36-31(25(5)6)18-13-19-32(36)26(7)8;2*1-2-4-6-8-7-5-3-1;2*1-2-3;2*2-1-3;2*2-1(3,4)5;;/h11-20,23-26H,1-10H3;2*1-2,7-8H,3-6H2;2*1H3;2*1H2;;;;/q;;;;;;;2*-1;;/b;2*2-1-,8-7-;;;;;;;;. The predicted octanol–water partition coefficient (Wildman–Crippen LogP) is 19.0. The third-order valence-electron chi connectivity index (χ3n) is 10.7. The molecule has 2 aliphatic carbocycles. The quantitative estimate of drug-likeness (QED) is 0.0386. The molecule has 5 aromatic rings. The molecule has 24 heteroatoms. The number of rotatable bonds is 8. The van der Waals surface area contributed by atoms with Crippen molar-refractivity contribution in [3.63, 3.8) is 0 Å². The molecule has 0 saturated carbocycles. The zero-order valence-electron chi connectivity index (χ0n) is 48.7. The maximum atomic E-state index is 9.75. The van der Waals surface area contributed by atoms with E-state index in [-0.39, 0.29) is 49.6 Å². The fourth-order valence-corrected chi connectivity index (χ4v) is 7.49. The Labute approximate surface area is 529 Å². The van der Waals surface area contributed by atoms with Crippen LogP contribution >= 0.6 is 46.4 Å². The SMILES string of the molecule is C1=C\CC/C=C\CC/1.C1=C\CC/C=C\CC/1.CC#N.CC#N.CC(C)c1cccc(C(C)C)c1-[n+]1[c-]c(-c2cccc(-c3[c-][n+](-c4c(C(C)C)cccc4C(C)C)nn3C)c2)n(C)n1.ClCCl.ClCCl.F[B-](F)(F)F.F[B-](F)(F)F.[Rh].[Rh]. The maximum absolute atomic E-state index is 9.75. The van der Waals surface area contributed by atoms with Crippen molar-refractivity contribution >= 4 is 60.9 Å². The smallest absolute Gasteiger partial charge is 0.418 e. The summed E-state index contributed by atoms with van der Waals surface area (Å²) in [6.45, 7) is 20.7. The molecule has 0 fully saturated rings. The van der Waals surface area contributed by atoms with Crippen LogP contribution in [0.15, 0.2) is 109 Å². The van der Waals surface area contributed by atoms with Crippen molar-refractivity contribution in [1.29, 1.82) is 10.5 Å². The first-order chi connectivity index (χ1) is 37.6. The van der Waals surface area contributed by atoms with Crippen LogP contribution < -0.4 is 9.36 Å². The summed E-state index contributed by atoms with van der Waals surface area (Å²) in [7, 11) is -8.02. The summed E-state index contributed by atoms with van der Waals surface area (Å²) < 4.78 is 85.7. The molecule has 2 heterocycles. The molecule has 0 spiro atoms. The van der Waals surface area contributed by atoms with Crippen LogP contribution in [0.3, 0.4) is 0 Å². The van der Waals surface area contributed by atoms with Gasteiger partial charge in [-0.3, -0.25) is 0 Å². The van der Waals surface area contributed by atoms with Crippen molar-refractivity contribution in [3.8, 4) is 46.0 Å². The van der Waals surface area contributed by atoms with Gasteiger partial charge in [0.2, 0.25) is 0 Å². The topological polar surface area (TPSA) is 91.0 Å². The molecule has 0 N–H and O–H groups in total. The third-order valence-corrected chi connectivity index (χ3v) is 10.7. The molecule has 460 valence electrons. The zero-order valence-corrected chi connectivity index (χ0v) is 55.0. The van der Waals surface area contributed by atoms with Gasteiger partial charge in [-0.2, -0.15) is 26.0 Å². The van der Waals surface area contributed by atoms with Gasteiger partial charge in [-0.05, 0) is 75.0 Å². The summed E-state index contributed by atoms with van der Waals surface area (Å²) in [5, 5.41) is 24.8. The molecule has 2 aliphatic rings. The summed E-state index contributed by atoms with van der Waals surface area (Å²) in [4.78, 5) is 0. The van der Waals surface area contributed by atoms with E-state index in [2.05, 4.69) is 177 Å². The summed E-state index contributed by atoms with van der Waals surface area (Å²) in [5.41, 5.74) is 11.3. The molecule has 7 rings (SSSR count). The molecule has 0 unspecified atom stereocenters. The summed E-state index contributed by atoms with van der Waals surface area (Å²) in [6.07, 6.45) is 35.2. The summed E-state index contributed by atoms with van der Waals surface area (Å²) >= 11 is 19.1. The number of hydrogen-bond donors (Lipinski definition) is 0. The van der Waals surface area contributed by atoms with Crippen molar-refractivity contribution in [2.45, 2.75) is 144 Å². The van der Waals surface area contributed by atoms with Gasteiger partial charge in [-0.25, -0.2) is 9.36 Å². The summed E-state index contributed by atoms with van der Waals surface area (Å²) in [6, 6.07) is 25.1. The Morgan fingerprint density at radius 3 is 0.841 bits per heavy atom. The van der Waals surface area contributed by atoms with Crippen LogP contribution in [0, 0.1) is 35.1 Å². The Hall–Kier alpha value is -4.14. The van der Waals surface area contributed by atoms with Gasteiger partial charge in [0.25, 0.3) is 0 Å². The van der Waals surface area contributed by atoms with Crippen molar-refractivity contribution in [2.75, 3.05) is 10.7 Å². The normalized spacial score (nSPS) is 13.7. The average molecular weight is 1410 g/mol. The van der Waals surface area contributed by atoms with Gasteiger partial charge in [0.15, 0.2) is 0 Å². The van der Waals surface area contributed by atoms with Gasteiger partial charge < -0.3 is 34.5 Å². The van der Waals surface area contributed by atoms with Gasteiger partial charge in [-0.1, -0.05) is 180 Å². The molecule has 82 heavy (non-hydrogen) atoms. The van der Waals surface area contributed by atoms with E-state index in [1.54, 1.807) is 12.1 Å². The van der Waals surface area contributed by atoms with E-state index in [9.17, 15) is 34.5 Å². The molecule has 0 saturated heterocycles. The molecule has 0 bridgehead atoms. The molecular formula is C58H78B2Cl4F8N8Rh2-2. The Morgan fingerprint density at radius 2 is 0.659 bits per heavy atom. The van der Waals surface area contributed by atoms with E-state index in [0.717, 1.165) is 33.9 Å². The number of para-hydroxylation sites is 2. The Balaban J connectivity index is -0.000000613. The first-order valence-electron chi connectivity index (χ1n) is 26.0. The second-order valence-electron chi connectivity index (χ2n) is 18.4. The molecule has 0 amide bonds. The minimum Gasteiger partial charge on any atom is -0.418 e. The Bertz CT molecular complexity index is 2410. The summed E-state index contributed by atoms with van der Waals surface area (Å²) in [5.74, 6) is 1.49. The predicted molar refractivity (Wildman–Crippen MR) is 318 cm³/mol. The molecule has 0 atom stereocenters. The first-order valence-corrected chi connectivity index (χ1v) is 28.1. The minimum absolute atomic E-state index is 0. The van der Waals surface area contributed by atoms with Crippen LogP contribution in [0.4, 0.5) is 34.5 Å². The van der Waals surface area contributed by atoms with Gasteiger partial charge in [0.05, 0.1) is 68.4 Å². The molecular weight excluding hydrogens is 1330 g/mol. The maximum Gasteiger partial charge on any atom is 0.673 e. The largest absolute Gasteiger partial charge is 0.673 e. The van der Waals surface area contributed by atoms with Gasteiger partial charge in [0, 0.05) is 52.8 Å². The second-order valence-corrected chi connectivity index (χ2v) is 20.0. The van der Waals surface area contributed by atoms with Gasteiger partial charge in [-0.15, -0.1) is 58.5 Å². The van der Waals surface area contributed by atoms with Crippen molar-refractivity contribution in [3.05, 3.63) is 144 Å². The van der Waals surface area contributed by atoms with Crippen LogP contribution in [0.5, 0.6) is 0 Å². The second kappa shape index (κ2) is 48.1. The van der Waals surface area contributed by atoms with E-state index < -0.39 is 14.5 Å². The Morgan fingerprint density at radius 1 is 0.476 bits per heavy atom. The number of benzene rings is 3. The van der Waals surface area contributed by atoms with E-state index >= 15 is 0 Å². The van der Waals surface area contributed by atoms with Gasteiger partial charge in [0.1, 0.15) is 14.1 Å². The molecule has 0 aliphatic heterocycles. The number of nitrogens with zero attached hydrogens (tertiary/aromatic N) is 8. The fraction of sp³-hybridized carbons (Fsp3) is 0.448. The zero-order chi connectivity index (χ0) is 61.4. The van der Waals surface area contributed by atoms with Crippen LogP contribution in [0.1, 0.15) is 167 Å². The van der Waals surface area contributed by atoms with Crippen LogP contribution in [-0.4, -0.2) is 45.0 Å². The number of halogens is 12.